The van der Waals surface area contributed by atoms with Gasteiger partial charge in [-0.15, -0.1) is 0 Å². The van der Waals surface area contributed by atoms with Crippen molar-refractivity contribution in [1.82, 2.24) is 0 Å². The summed E-state index contributed by atoms with van der Waals surface area (Å²) in [7, 11) is 0. The van der Waals surface area contributed by atoms with Crippen LogP contribution < -0.4 is 4.74 Å². The molecule has 2 aliphatic heterocycles. The van der Waals surface area contributed by atoms with Crippen LogP contribution in [0.2, 0.25) is 0 Å². The van der Waals surface area contributed by atoms with Gasteiger partial charge in [-0.1, -0.05) is 46.3 Å². The summed E-state index contributed by atoms with van der Waals surface area (Å²) in [6, 6.07) is 9.09. The summed E-state index contributed by atoms with van der Waals surface area (Å²) in [4.78, 5) is 62.4. The molecule has 4 fully saturated rings. The maximum absolute atomic E-state index is 13.8. The molecule has 10 atom stereocenters. The van der Waals surface area contributed by atoms with Crippen LogP contribution in [-0.4, -0.2) is 48.8 Å². The van der Waals surface area contributed by atoms with Gasteiger partial charge in [-0.25, -0.2) is 24.0 Å². The minimum Gasteiger partial charge on any atom is -0.468 e. The predicted molar refractivity (Wildman–Crippen MR) is 210 cm³/mol. The van der Waals surface area contributed by atoms with Gasteiger partial charge in [-0.05, 0) is 154 Å². The Morgan fingerprint density at radius 1 is 0.807 bits per heavy atom. The molecule has 2 aromatic carbocycles. The molecule has 0 aromatic heterocycles. The van der Waals surface area contributed by atoms with Crippen LogP contribution >= 0.6 is 0 Å². The highest BCUT2D eigenvalue weighted by Gasteiger charge is 2.66. The number of allylic oxidation sites excluding steroid dienone is 2. The maximum atomic E-state index is 13.8. The second-order valence-electron chi connectivity index (χ2n) is 19.2. The molecule has 10 nitrogen and oxygen atoms in total. The standard InChI is InChI=1S/C47H56O10/c1-25(2)9-8-10-26(3)34-15-16-35-33-23-37(54-24-53-28-12-14-30-32(22-28)44(52)57-42(30)50)39-45(4,5)38(18-20-47(39,7)36(33)17-19-46(34,35)6)55-40(48)27-11-13-29-31(21-27)43(51)56-41(29)49/h9,11-14,21-22,26,33-39H,8,10,15-20,23-24H2,1-7H3. The smallest absolute Gasteiger partial charge is 0.347 e. The molecule has 0 spiro atoms. The average Bonchev–Trinajstić information content (AvgIpc) is 3.76. The van der Waals surface area contributed by atoms with E-state index in [1.807, 2.05) is 0 Å². The number of rotatable bonds is 10. The van der Waals surface area contributed by atoms with Crippen LogP contribution in [0.25, 0.3) is 0 Å². The summed E-state index contributed by atoms with van der Waals surface area (Å²) in [5.74, 6) is -0.0214. The Morgan fingerprint density at radius 3 is 2.14 bits per heavy atom. The summed E-state index contributed by atoms with van der Waals surface area (Å²) in [6.07, 6.45) is 11.4. The van der Waals surface area contributed by atoms with Crippen LogP contribution in [-0.2, 0) is 18.9 Å². The highest BCUT2D eigenvalue weighted by Crippen LogP contribution is 2.71. The fourth-order valence-corrected chi connectivity index (χ4v) is 13.1. The molecule has 0 amide bonds. The normalized spacial score (nSPS) is 33.8. The van der Waals surface area contributed by atoms with E-state index in [9.17, 15) is 24.0 Å². The van der Waals surface area contributed by atoms with Crippen molar-refractivity contribution in [3.05, 3.63) is 75.9 Å². The lowest BCUT2D eigenvalue weighted by Crippen LogP contribution is -2.64. The third-order valence-corrected chi connectivity index (χ3v) is 15.6. The molecule has 8 rings (SSSR count). The number of benzene rings is 2. The van der Waals surface area contributed by atoms with Gasteiger partial charge in [0, 0.05) is 5.41 Å². The zero-order valence-electron chi connectivity index (χ0n) is 34.3. The number of hydrogen-bond acceptors (Lipinski definition) is 10. The number of esters is 5. The Bertz CT molecular complexity index is 2040. The molecule has 6 aliphatic rings. The van der Waals surface area contributed by atoms with Crippen LogP contribution in [0.1, 0.15) is 158 Å². The van der Waals surface area contributed by atoms with Gasteiger partial charge in [0.2, 0.25) is 0 Å². The lowest BCUT2D eigenvalue weighted by Gasteiger charge is -2.66. The highest BCUT2D eigenvalue weighted by atomic mass is 16.7. The zero-order valence-corrected chi connectivity index (χ0v) is 34.3. The van der Waals surface area contributed by atoms with Crippen molar-refractivity contribution in [1.29, 1.82) is 0 Å². The first-order valence-electron chi connectivity index (χ1n) is 20.9. The fourth-order valence-electron chi connectivity index (χ4n) is 13.1. The number of carbonyl (C=O) groups is 5. The molecule has 4 saturated carbocycles. The van der Waals surface area contributed by atoms with Gasteiger partial charge in [-0.2, -0.15) is 0 Å². The number of ether oxygens (including phenoxy) is 5. The minimum atomic E-state index is -0.763. The summed E-state index contributed by atoms with van der Waals surface area (Å²) in [5, 5.41) is 0. The van der Waals surface area contributed by atoms with Crippen molar-refractivity contribution < 1.29 is 47.7 Å². The van der Waals surface area contributed by atoms with Crippen molar-refractivity contribution in [2.45, 2.75) is 118 Å². The number of fused-ring (bicyclic) bond motifs is 7. The van der Waals surface area contributed by atoms with E-state index in [1.54, 1.807) is 12.1 Å². The second kappa shape index (κ2) is 14.5. The first-order valence-corrected chi connectivity index (χ1v) is 20.9. The van der Waals surface area contributed by atoms with Crippen molar-refractivity contribution in [2.75, 3.05) is 6.79 Å². The lowest BCUT2D eigenvalue weighted by molar-refractivity contribution is -0.239. The molecule has 2 heterocycles. The molecule has 304 valence electrons. The van der Waals surface area contributed by atoms with E-state index < -0.39 is 41.4 Å². The molecule has 0 radical (unpaired) electrons. The number of cyclic esters (lactones) is 4. The van der Waals surface area contributed by atoms with E-state index in [2.05, 4.69) is 54.5 Å². The van der Waals surface area contributed by atoms with E-state index in [0.717, 1.165) is 19.3 Å². The first-order chi connectivity index (χ1) is 27.0. The van der Waals surface area contributed by atoms with Gasteiger partial charge >= 0.3 is 29.8 Å². The van der Waals surface area contributed by atoms with Gasteiger partial charge in [-0.3, -0.25) is 0 Å². The van der Waals surface area contributed by atoms with Crippen molar-refractivity contribution in [3.63, 3.8) is 0 Å². The molecule has 0 bridgehead atoms. The summed E-state index contributed by atoms with van der Waals surface area (Å²) >= 11 is 0. The monoisotopic (exact) mass is 780 g/mol. The number of hydrogen-bond donors (Lipinski definition) is 0. The van der Waals surface area contributed by atoms with E-state index in [1.165, 1.54) is 61.9 Å². The molecular weight excluding hydrogens is 725 g/mol. The van der Waals surface area contributed by atoms with Crippen LogP contribution in [0.5, 0.6) is 5.75 Å². The Morgan fingerprint density at radius 2 is 1.44 bits per heavy atom. The maximum Gasteiger partial charge on any atom is 0.347 e. The molecule has 0 N–H and O–H groups in total. The summed E-state index contributed by atoms with van der Waals surface area (Å²) < 4.78 is 28.9. The second-order valence-corrected chi connectivity index (χ2v) is 19.2. The van der Waals surface area contributed by atoms with Gasteiger partial charge < -0.3 is 23.7 Å². The molecule has 57 heavy (non-hydrogen) atoms. The SMILES string of the molecule is CC(C)=CCCC(C)C1CCC2C3CC(OCOc4ccc5c(c4)C(=O)OC5=O)C4C(C)(C)C(OC(=O)c5ccc6c(c5)C(=O)OC6=O)CCC4(C)C3CCC12C. The Labute approximate surface area is 335 Å². The fraction of sp³-hybridized carbons (Fsp3) is 0.596. The summed E-state index contributed by atoms with van der Waals surface area (Å²) in [5.41, 5.74) is 1.88. The average molecular weight is 781 g/mol. The Kier molecular flexibility index (Phi) is 10.1. The van der Waals surface area contributed by atoms with Gasteiger partial charge in [0.15, 0.2) is 6.79 Å². The largest absolute Gasteiger partial charge is 0.468 e. The topological polar surface area (TPSA) is 132 Å². The predicted octanol–water partition coefficient (Wildman–Crippen LogP) is 9.54. The molecule has 10 unspecified atom stereocenters. The van der Waals surface area contributed by atoms with Crippen LogP contribution in [0, 0.1) is 51.8 Å². The van der Waals surface area contributed by atoms with E-state index in [0.29, 0.717) is 41.8 Å². The molecule has 4 aliphatic carbocycles. The molecule has 10 heteroatoms. The third kappa shape index (κ3) is 6.64. The minimum absolute atomic E-state index is 0.0196. The molecule has 2 aromatic rings. The van der Waals surface area contributed by atoms with Crippen LogP contribution in [0.15, 0.2) is 48.0 Å². The van der Waals surface area contributed by atoms with E-state index in [-0.39, 0.29) is 57.5 Å². The first kappa shape index (κ1) is 39.5. The Hall–Kier alpha value is -4.31. The highest BCUT2D eigenvalue weighted by molar-refractivity contribution is 6.16. The van der Waals surface area contributed by atoms with Gasteiger partial charge in [0.25, 0.3) is 0 Å². The van der Waals surface area contributed by atoms with E-state index in [4.69, 9.17) is 23.7 Å². The van der Waals surface area contributed by atoms with Crippen molar-refractivity contribution >= 4 is 29.8 Å². The summed E-state index contributed by atoms with van der Waals surface area (Å²) in [6.45, 7) is 16.2. The van der Waals surface area contributed by atoms with Crippen LogP contribution in [0.4, 0.5) is 0 Å². The number of carbonyl (C=O) groups excluding carboxylic acids is 5. The quantitative estimate of drug-likeness (QED) is 0.0755. The Balaban J connectivity index is 1.06. The van der Waals surface area contributed by atoms with Crippen LogP contribution in [0.3, 0.4) is 0 Å². The van der Waals surface area contributed by atoms with Gasteiger partial charge in [0.1, 0.15) is 11.9 Å². The lowest BCUT2D eigenvalue weighted by atomic mass is 9.40. The van der Waals surface area contributed by atoms with Crippen molar-refractivity contribution in [2.24, 2.45) is 51.8 Å². The van der Waals surface area contributed by atoms with Gasteiger partial charge in [0.05, 0.1) is 33.9 Å². The molecule has 0 saturated heterocycles. The van der Waals surface area contributed by atoms with E-state index >= 15 is 0 Å². The van der Waals surface area contributed by atoms with Crippen molar-refractivity contribution in [3.8, 4) is 5.75 Å². The molecular formula is C47H56O10. The third-order valence-electron chi connectivity index (χ3n) is 15.6. The zero-order chi connectivity index (χ0) is 40.6.